The highest BCUT2D eigenvalue weighted by Crippen LogP contribution is 2.21. The summed E-state index contributed by atoms with van der Waals surface area (Å²) in [6, 6.07) is 16.2. The van der Waals surface area contributed by atoms with Crippen LogP contribution in [0.15, 0.2) is 59.5 Å². The van der Waals surface area contributed by atoms with Gasteiger partial charge in [0, 0.05) is 18.1 Å². The maximum atomic E-state index is 12.4. The Hall–Kier alpha value is -1.89. The average molecular weight is 407 g/mol. The molecule has 0 bridgehead atoms. The van der Waals surface area contributed by atoms with E-state index in [0.29, 0.717) is 24.0 Å². The minimum Gasteiger partial charge on any atom is -0.342 e. The van der Waals surface area contributed by atoms with E-state index in [1.807, 2.05) is 18.2 Å². The Bertz CT molecular complexity index is 862. The number of amides is 1. The minimum absolute atomic E-state index is 0.0984. The fraction of sp³-hybridized carbons (Fsp3) is 0.350. The molecule has 1 amide bonds. The normalized spacial score (nSPS) is 15.7. The number of nitrogens with zero attached hydrogens (tertiary/aromatic N) is 1. The number of hydrogen-bond acceptors (Lipinski definition) is 3. The molecule has 2 aromatic carbocycles. The van der Waals surface area contributed by atoms with E-state index in [9.17, 15) is 13.2 Å². The molecule has 3 rings (SSSR count). The van der Waals surface area contributed by atoms with Crippen molar-refractivity contribution in [2.75, 3.05) is 19.6 Å². The molecule has 1 aliphatic rings. The van der Waals surface area contributed by atoms with Crippen molar-refractivity contribution in [2.45, 2.75) is 24.2 Å². The highest BCUT2D eigenvalue weighted by atomic mass is 35.5. The number of nitrogens with one attached hydrogen (secondary N) is 1. The third-order valence-corrected chi connectivity index (χ3v) is 6.54. The van der Waals surface area contributed by atoms with Crippen LogP contribution in [0.25, 0.3) is 0 Å². The molecule has 144 valence electrons. The van der Waals surface area contributed by atoms with E-state index in [-0.39, 0.29) is 17.3 Å². The van der Waals surface area contributed by atoms with Crippen molar-refractivity contribution in [1.29, 1.82) is 0 Å². The fourth-order valence-corrected chi connectivity index (χ4v) is 4.40. The van der Waals surface area contributed by atoms with Gasteiger partial charge < -0.3 is 4.90 Å². The number of halogens is 1. The summed E-state index contributed by atoms with van der Waals surface area (Å²) in [5.41, 5.74) is 1.32. The molecular weight excluding hydrogens is 384 g/mol. The zero-order chi connectivity index (χ0) is 19.3. The number of benzene rings is 2. The number of carbonyl (C=O) groups excluding carboxylic acids is 1. The number of sulfonamides is 1. The Labute approximate surface area is 165 Å². The Balaban J connectivity index is 1.47. The van der Waals surface area contributed by atoms with Crippen LogP contribution in [0.4, 0.5) is 0 Å². The number of likely N-dealkylation sites (tertiary alicyclic amines) is 1. The molecule has 0 atom stereocenters. The van der Waals surface area contributed by atoms with Crippen molar-refractivity contribution in [1.82, 2.24) is 9.62 Å². The lowest BCUT2D eigenvalue weighted by Crippen LogP contribution is -2.44. The molecule has 0 aliphatic carbocycles. The van der Waals surface area contributed by atoms with Gasteiger partial charge in [0.2, 0.25) is 15.9 Å². The van der Waals surface area contributed by atoms with Gasteiger partial charge in [-0.2, -0.15) is 0 Å². The van der Waals surface area contributed by atoms with Crippen LogP contribution in [0.5, 0.6) is 0 Å². The lowest BCUT2D eigenvalue weighted by Gasteiger charge is -2.32. The maximum Gasteiger partial charge on any atom is 0.241 e. The molecule has 1 saturated heterocycles. The van der Waals surface area contributed by atoms with Crippen molar-refractivity contribution < 1.29 is 13.2 Å². The lowest BCUT2D eigenvalue weighted by molar-refractivity contribution is -0.131. The second-order valence-electron chi connectivity index (χ2n) is 6.79. The van der Waals surface area contributed by atoms with Gasteiger partial charge in [0.25, 0.3) is 0 Å². The molecule has 0 spiro atoms. The van der Waals surface area contributed by atoms with E-state index in [0.717, 1.165) is 19.3 Å². The molecule has 1 aliphatic heterocycles. The van der Waals surface area contributed by atoms with Crippen LogP contribution in [0, 0.1) is 5.92 Å². The lowest BCUT2D eigenvalue weighted by atomic mass is 9.90. The van der Waals surface area contributed by atoms with Gasteiger partial charge in [0.1, 0.15) is 0 Å². The molecule has 5 nitrogen and oxygen atoms in total. The standard InChI is InChI=1S/C20H23ClN2O3S/c21-18-6-8-19(9-7-18)27(25,26)22-15-20(24)23-12-10-17(11-13-23)14-16-4-2-1-3-5-16/h1-9,17,22H,10-15H2. The number of carbonyl (C=O) groups is 1. The van der Waals surface area contributed by atoms with E-state index >= 15 is 0 Å². The van der Waals surface area contributed by atoms with Crippen molar-refractivity contribution in [3.8, 4) is 0 Å². The van der Waals surface area contributed by atoms with Gasteiger partial charge in [-0.1, -0.05) is 41.9 Å². The third-order valence-electron chi connectivity index (χ3n) is 4.87. The summed E-state index contributed by atoms with van der Waals surface area (Å²) in [5, 5.41) is 0.461. The monoisotopic (exact) mass is 406 g/mol. The van der Waals surface area contributed by atoms with E-state index < -0.39 is 10.0 Å². The zero-order valence-corrected chi connectivity index (χ0v) is 16.5. The smallest absolute Gasteiger partial charge is 0.241 e. The highest BCUT2D eigenvalue weighted by Gasteiger charge is 2.24. The van der Waals surface area contributed by atoms with E-state index in [1.165, 1.54) is 29.8 Å². The Morgan fingerprint density at radius 3 is 2.30 bits per heavy atom. The van der Waals surface area contributed by atoms with E-state index in [2.05, 4.69) is 16.9 Å². The highest BCUT2D eigenvalue weighted by molar-refractivity contribution is 7.89. The van der Waals surface area contributed by atoms with Crippen LogP contribution < -0.4 is 4.72 Å². The Morgan fingerprint density at radius 1 is 1.04 bits per heavy atom. The van der Waals surface area contributed by atoms with Crippen molar-refractivity contribution >= 4 is 27.5 Å². The van der Waals surface area contributed by atoms with Crippen molar-refractivity contribution in [2.24, 2.45) is 5.92 Å². The molecule has 2 aromatic rings. The third kappa shape index (κ3) is 5.54. The molecule has 1 fully saturated rings. The van der Waals surface area contributed by atoms with Crippen molar-refractivity contribution in [3.05, 3.63) is 65.2 Å². The summed E-state index contributed by atoms with van der Waals surface area (Å²) < 4.78 is 26.9. The molecular formula is C20H23ClN2O3S. The summed E-state index contributed by atoms with van der Waals surface area (Å²) in [4.78, 5) is 14.2. The van der Waals surface area contributed by atoms with Gasteiger partial charge in [-0.05, 0) is 55.0 Å². The molecule has 1 heterocycles. The molecule has 1 N–H and O–H groups in total. The topological polar surface area (TPSA) is 66.5 Å². The molecule has 27 heavy (non-hydrogen) atoms. The summed E-state index contributed by atoms with van der Waals surface area (Å²) in [5.74, 6) is 0.368. The minimum atomic E-state index is -3.72. The van der Waals surface area contributed by atoms with Crippen LogP contribution in [0.1, 0.15) is 18.4 Å². The SMILES string of the molecule is O=C(CNS(=O)(=O)c1ccc(Cl)cc1)N1CCC(Cc2ccccc2)CC1. The first-order chi connectivity index (χ1) is 12.9. The Kier molecular flexibility index (Phi) is 6.52. The van der Waals surface area contributed by atoms with Gasteiger partial charge in [0.15, 0.2) is 0 Å². The van der Waals surface area contributed by atoms with Gasteiger partial charge in [-0.15, -0.1) is 0 Å². The molecule has 0 aromatic heterocycles. The van der Waals surface area contributed by atoms with E-state index in [4.69, 9.17) is 11.6 Å². The maximum absolute atomic E-state index is 12.4. The number of hydrogen-bond donors (Lipinski definition) is 1. The van der Waals surface area contributed by atoms with Crippen LogP contribution >= 0.6 is 11.6 Å². The summed E-state index contributed by atoms with van der Waals surface area (Å²) in [6.07, 6.45) is 2.89. The predicted octanol–water partition coefficient (Wildman–Crippen LogP) is 3.10. The van der Waals surface area contributed by atoms with Gasteiger partial charge in [-0.25, -0.2) is 13.1 Å². The molecule has 7 heteroatoms. The summed E-state index contributed by atoms with van der Waals surface area (Å²) in [6.45, 7) is 1.10. The van der Waals surface area contributed by atoms with Crippen molar-refractivity contribution in [3.63, 3.8) is 0 Å². The first-order valence-corrected chi connectivity index (χ1v) is 10.9. The Morgan fingerprint density at radius 2 is 1.67 bits per heavy atom. The van der Waals surface area contributed by atoms with E-state index in [1.54, 1.807) is 4.90 Å². The quantitative estimate of drug-likeness (QED) is 0.801. The molecule has 0 radical (unpaired) electrons. The zero-order valence-electron chi connectivity index (χ0n) is 15.0. The van der Waals surface area contributed by atoms with Gasteiger partial charge >= 0.3 is 0 Å². The van der Waals surface area contributed by atoms with Crippen LogP contribution in [0.2, 0.25) is 5.02 Å². The summed E-state index contributed by atoms with van der Waals surface area (Å²) >= 11 is 5.78. The molecule has 0 unspecified atom stereocenters. The largest absolute Gasteiger partial charge is 0.342 e. The van der Waals surface area contributed by atoms with Gasteiger partial charge in [0.05, 0.1) is 11.4 Å². The van der Waals surface area contributed by atoms with Crippen LogP contribution in [-0.2, 0) is 21.2 Å². The fourth-order valence-electron chi connectivity index (χ4n) is 3.30. The second kappa shape index (κ2) is 8.87. The number of piperidine rings is 1. The first kappa shape index (κ1) is 19.9. The average Bonchev–Trinajstić information content (AvgIpc) is 2.68. The second-order valence-corrected chi connectivity index (χ2v) is 9.00. The predicted molar refractivity (Wildman–Crippen MR) is 106 cm³/mol. The molecule has 0 saturated carbocycles. The van der Waals surface area contributed by atoms with Crippen LogP contribution in [-0.4, -0.2) is 38.9 Å². The first-order valence-electron chi connectivity index (χ1n) is 9.01. The number of rotatable bonds is 6. The summed E-state index contributed by atoms with van der Waals surface area (Å²) in [7, 11) is -3.72. The van der Waals surface area contributed by atoms with Gasteiger partial charge in [-0.3, -0.25) is 4.79 Å². The van der Waals surface area contributed by atoms with Crippen LogP contribution in [0.3, 0.4) is 0 Å².